The van der Waals surface area contributed by atoms with E-state index >= 15 is 0 Å². The molecule has 2 aromatic carbocycles. The van der Waals surface area contributed by atoms with Crippen LogP contribution in [-0.2, 0) is 17.8 Å². The maximum atomic E-state index is 13.0. The first kappa shape index (κ1) is 20.7. The molecule has 1 heterocycles. The molecule has 6 heteroatoms. The fourth-order valence-corrected chi connectivity index (χ4v) is 5.01. The van der Waals surface area contributed by atoms with E-state index in [9.17, 15) is 4.79 Å². The van der Waals surface area contributed by atoms with E-state index in [1.165, 1.54) is 22.9 Å². The predicted molar refractivity (Wildman–Crippen MR) is 121 cm³/mol. The van der Waals surface area contributed by atoms with Gasteiger partial charge in [0.25, 0.3) is 0 Å². The Labute approximate surface area is 182 Å². The van der Waals surface area contributed by atoms with E-state index in [-0.39, 0.29) is 17.2 Å². The van der Waals surface area contributed by atoms with E-state index < -0.39 is 0 Å². The summed E-state index contributed by atoms with van der Waals surface area (Å²) in [5.41, 5.74) is 4.85. The number of thioether (sulfide) groups is 1. The minimum absolute atomic E-state index is 0.0461. The molecule has 0 fully saturated rings. The summed E-state index contributed by atoms with van der Waals surface area (Å²) < 4.78 is 2.09. The van der Waals surface area contributed by atoms with Crippen molar-refractivity contribution in [1.29, 1.82) is 0 Å². The van der Waals surface area contributed by atoms with Crippen LogP contribution in [0.25, 0.3) is 11.4 Å². The highest BCUT2D eigenvalue weighted by Crippen LogP contribution is 2.31. The minimum atomic E-state index is -0.252. The normalized spacial score (nSPS) is 16.7. The lowest BCUT2D eigenvalue weighted by molar-refractivity contribution is -0.121. The minimum Gasteiger partial charge on any atom is -0.348 e. The Kier molecular flexibility index (Phi) is 6.23. The molecular weight excluding hydrogens is 392 g/mol. The maximum absolute atomic E-state index is 13.0. The summed E-state index contributed by atoms with van der Waals surface area (Å²) in [4.78, 5) is 13.0. The Morgan fingerprint density at radius 1 is 1.20 bits per heavy atom. The van der Waals surface area contributed by atoms with Crippen molar-refractivity contribution >= 4 is 17.7 Å². The third-order valence-corrected chi connectivity index (χ3v) is 6.84. The Bertz CT molecular complexity index is 1050. The van der Waals surface area contributed by atoms with E-state index in [2.05, 4.69) is 70.3 Å². The number of hydrogen-bond donors (Lipinski definition) is 1. The van der Waals surface area contributed by atoms with Gasteiger partial charge in [0.2, 0.25) is 5.91 Å². The molecule has 0 spiro atoms. The topological polar surface area (TPSA) is 59.8 Å². The van der Waals surface area contributed by atoms with Crippen molar-refractivity contribution in [2.75, 3.05) is 0 Å². The van der Waals surface area contributed by atoms with Gasteiger partial charge in [-0.25, -0.2) is 0 Å². The lowest BCUT2D eigenvalue weighted by Gasteiger charge is -2.27. The lowest BCUT2D eigenvalue weighted by Crippen LogP contribution is -2.36. The fourth-order valence-electron chi connectivity index (χ4n) is 4.09. The van der Waals surface area contributed by atoms with E-state index in [0.717, 1.165) is 47.9 Å². The van der Waals surface area contributed by atoms with Crippen molar-refractivity contribution in [1.82, 2.24) is 20.1 Å². The summed E-state index contributed by atoms with van der Waals surface area (Å²) in [7, 11) is 0. The third-order valence-electron chi connectivity index (χ3n) is 5.76. The van der Waals surface area contributed by atoms with Crippen LogP contribution in [0, 0.1) is 6.92 Å². The quantitative estimate of drug-likeness (QED) is 0.573. The van der Waals surface area contributed by atoms with Crippen molar-refractivity contribution in [2.45, 2.75) is 63.0 Å². The number of nitrogens with zero attached hydrogens (tertiary/aromatic N) is 3. The van der Waals surface area contributed by atoms with Gasteiger partial charge in [0, 0.05) is 12.1 Å². The molecule has 0 saturated heterocycles. The zero-order valence-corrected chi connectivity index (χ0v) is 18.6. The van der Waals surface area contributed by atoms with Gasteiger partial charge in [-0.05, 0) is 56.7 Å². The van der Waals surface area contributed by atoms with Crippen molar-refractivity contribution in [3.05, 3.63) is 65.2 Å². The molecule has 1 aliphatic rings. The number of rotatable bonds is 6. The standard InChI is InChI=1S/C24H28N4OS/c1-4-28-22(19-13-7-5-10-16(19)2)26-27-24(28)30-17(3)23(29)25-21-15-9-12-18-11-6-8-14-20(18)21/h5-8,10-11,13-14,17,21H,4,9,12,15H2,1-3H3,(H,25,29)/t17-,21-/m1/s1. The molecule has 156 valence electrons. The van der Waals surface area contributed by atoms with Gasteiger partial charge < -0.3 is 9.88 Å². The number of hydrogen-bond acceptors (Lipinski definition) is 4. The second-order valence-electron chi connectivity index (χ2n) is 7.78. The number of aromatic nitrogens is 3. The first-order chi connectivity index (χ1) is 14.6. The van der Waals surface area contributed by atoms with Gasteiger partial charge in [-0.1, -0.05) is 60.3 Å². The van der Waals surface area contributed by atoms with E-state index in [1.54, 1.807) is 0 Å². The summed E-state index contributed by atoms with van der Waals surface area (Å²) in [6, 6.07) is 16.7. The zero-order chi connectivity index (χ0) is 21.1. The monoisotopic (exact) mass is 420 g/mol. The maximum Gasteiger partial charge on any atom is 0.233 e. The molecule has 5 nitrogen and oxygen atoms in total. The second kappa shape index (κ2) is 9.04. The van der Waals surface area contributed by atoms with Crippen LogP contribution in [0.3, 0.4) is 0 Å². The third kappa shape index (κ3) is 4.15. The van der Waals surface area contributed by atoms with Crippen molar-refractivity contribution in [3.63, 3.8) is 0 Å². The molecule has 0 radical (unpaired) electrons. The van der Waals surface area contributed by atoms with Gasteiger partial charge in [-0.15, -0.1) is 10.2 Å². The number of benzene rings is 2. The number of aryl methyl sites for hydroxylation is 2. The molecule has 3 aromatic rings. The highest BCUT2D eigenvalue weighted by Gasteiger charge is 2.25. The smallest absolute Gasteiger partial charge is 0.233 e. The largest absolute Gasteiger partial charge is 0.348 e. The van der Waals surface area contributed by atoms with Gasteiger partial charge in [-0.2, -0.15) is 0 Å². The van der Waals surface area contributed by atoms with Crippen LogP contribution in [-0.4, -0.2) is 25.9 Å². The Balaban J connectivity index is 1.49. The van der Waals surface area contributed by atoms with Gasteiger partial charge in [0.1, 0.15) is 0 Å². The molecule has 30 heavy (non-hydrogen) atoms. The number of carbonyl (C=O) groups is 1. The van der Waals surface area contributed by atoms with Crippen molar-refractivity contribution in [3.8, 4) is 11.4 Å². The fraction of sp³-hybridized carbons (Fsp3) is 0.375. The van der Waals surface area contributed by atoms with E-state index in [0.29, 0.717) is 0 Å². The van der Waals surface area contributed by atoms with Crippen molar-refractivity contribution in [2.24, 2.45) is 0 Å². The molecule has 2 atom stereocenters. The lowest BCUT2D eigenvalue weighted by atomic mass is 9.88. The van der Waals surface area contributed by atoms with Crippen LogP contribution >= 0.6 is 11.8 Å². The summed E-state index contributed by atoms with van der Waals surface area (Å²) in [5, 5.41) is 12.6. The van der Waals surface area contributed by atoms with Crippen LogP contribution in [0.15, 0.2) is 53.7 Å². The molecule has 1 aromatic heterocycles. The summed E-state index contributed by atoms with van der Waals surface area (Å²) in [5.74, 6) is 0.900. The highest BCUT2D eigenvalue weighted by atomic mass is 32.2. The Hall–Kier alpha value is -2.60. The molecule has 1 N–H and O–H groups in total. The first-order valence-corrected chi connectivity index (χ1v) is 11.5. The SMILES string of the molecule is CCn1c(S[C@H](C)C(=O)N[C@@H]2CCCc3ccccc32)nnc1-c1ccccc1C. The molecular formula is C24H28N4OS. The predicted octanol–water partition coefficient (Wildman–Crippen LogP) is 4.95. The molecule has 0 unspecified atom stereocenters. The molecule has 0 aliphatic heterocycles. The van der Waals surface area contributed by atoms with Gasteiger partial charge in [0.05, 0.1) is 11.3 Å². The Morgan fingerprint density at radius 3 is 2.77 bits per heavy atom. The molecule has 4 rings (SSSR count). The average Bonchev–Trinajstić information content (AvgIpc) is 3.16. The summed E-state index contributed by atoms with van der Waals surface area (Å²) in [6.07, 6.45) is 3.18. The van der Waals surface area contributed by atoms with E-state index in [4.69, 9.17) is 0 Å². The summed E-state index contributed by atoms with van der Waals surface area (Å²) in [6.45, 7) is 6.86. The number of amides is 1. The second-order valence-corrected chi connectivity index (χ2v) is 9.09. The van der Waals surface area contributed by atoms with Crippen molar-refractivity contribution < 1.29 is 4.79 Å². The molecule has 0 bridgehead atoms. The Morgan fingerprint density at radius 2 is 1.97 bits per heavy atom. The van der Waals surface area contributed by atoms with Crippen LogP contribution in [0.2, 0.25) is 0 Å². The average molecular weight is 421 g/mol. The van der Waals surface area contributed by atoms with Gasteiger partial charge >= 0.3 is 0 Å². The first-order valence-electron chi connectivity index (χ1n) is 10.6. The van der Waals surface area contributed by atoms with Crippen LogP contribution in [0.1, 0.15) is 49.4 Å². The number of fused-ring (bicyclic) bond motifs is 1. The van der Waals surface area contributed by atoms with Crippen LogP contribution in [0.4, 0.5) is 0 Å². The van der Waals surface area contributed by atoms with E-state index in [1.807, 2.05) is 19.1 Å². The number of nitrogens with one attached hydrogen (secondary N) is 1. The molecule has 0 saturated carbocycles. The van der Waals surface area contributed by atoms with Crippen LogP contribution < -0.4 is 5.32 Å². The highest BCUT2D eigenvalue weighted by molar-refractivity contribution is 8.00. The number of carbonyl (C=O) groups excluding carboxylic acids is 1. The van der Waals surface area contributed by atoms with Gasteiger partial charge in [0.15, 0.2) is 11.0 Å². The molecule has 1 amide bonds. The van der Waals surface area contributed by atoms with Crippen LogP contribution in [0.5, 0.6) is 0 Å². The zero-order valence-electron chi connectivity index (χ0n) is 17.8. The molecule has 1 aliphatic carbocycles. The summed E-state index contributed by atoms with van der Waals surface area (Å²) >= 11 is 1.47. The van der Waals surface area contributed by atoms with Gasteiger partial charge in [-0.3, -0.25) is 4.79 Å².